The van der Waals surface area contributed by atoms with E-state index < -0.39 is 6.04 Å². The van der Waals surface area contributed by atoms with Gasteiger partial charge in [-0.1, -0.05) is 26.0 Å². The van der Waals surface area contributed by atoms with Crippen LogP contribution in [0.2, 0.25) is 0 Å². The second kappa shape index (κ2) is 9.23. The number of amides is 1. The van der Waals surface area contributed by atoms with E-state index in [2.05, 4.69) is 11.6 Å². The summed E-state index contributed by atoms with van der Waals surface area (Å²) in [6.45, 7) is 3.88. The number of hydrogen-bond acceptors (Lipinski definition) is 3. The summed E-state index contributed by atoms with van der Waals surface area (Å²) in [5.41, 5.74) is 7.89. The van der Waals surface area contributed by atoms with Gasteiger partial charge in [0.1, 0.15) is 0 Å². The molecule has 0 spiro atoms. The maximum atomic E-state index is 11.8. The Balaban J connectivity index is 0.00000324. The van der Waals surface area contributed by atoms with Crippen LogP contribution in [0.3, 0.4) is 0 Å². The molecule has 0 heterocycles. The summed E-state index contributed by atoms with van der Waals surface area (Å²) in [6, 6.07) is 7.50. The second-order valence-corrected chi connectivity index (χ2v) is 5.68. The summed E-state index contributed by atoms with van der Waals surface area (Å²) < 4.78 is 0. The molecule has 0 aromatic heterocycles. The van der Waals surface area contributed by atoms with Gasteiger partial charge in [-0.05, 0) is 42.0 Å². The van der Waals surface area contributed by atoms with Crippen molar-refractivity contribution in [3.05, 3.63) is 29.8 Å². The zero-order valence-corrected chi connectivity index (χ0v) is 13.3. The van der Waals surface area contributed by atoms with Gasteiger partial charge in [0.25, 0.3) is 0 Å². The van der Waals surface area contributed by atoms with Gasteiger partial charge in [0.15, 0.2) is 0 Å². The molecule has 1 atom stereocenters. The van der Waals surface area contributed by atoms with E-state index in [1.54, 1.807) is 0 Å². The fourth-order valence-electron chi connectivity index (χ4n) is 1.50. The standard InChI is InChI=1S/C14H22N2OS.ClH/c1-10(2)13(15)14(17)16-12-6-4-11(5-7-12)8-9-18-3;/h4-7,10,13H,8-9,15H2,1-3H3,(H,16,17);1H/t13-;/m0./s1. The van der Waals surface area contributed by atoms with Gasteiger partial charge < -0.3 is 11.1 Å². The first kappa shape index (κ1) is 18.3. The molecule has 0 saturated carbocycles. The van der Waals surface area contributed by atoms with Gasteiger partial charge in [0, 0.05) is 5.69 Å². The quantitative estimate of drug-likeness (QED) is 0.849. The van der Waals surface area contributed by atoms with Crippen molar-refractivity contribution in [1.82, 2.24) is 0 Å². The summed E-state index contributed by atoms with van der Waals surface area (Å²) in [5, 5.41) is 2.84. The molecule has 0 aliphatic carbocycles. The smallest absolute Gasteiger partial charge is 0.241 e. The fourth-order valence-corrected chi connectivity index (χ4v) is 1.94. The molecule has 1 aromatic rings. The summed E-state index contributed by atoms with van der Waals surface area (Å²) >= 11 is 1.83. The third-order valence-electron chi connectivity index (χ3n) is 2.84. The maximum Gasteiger partial charge on any atom is 0.241 e. The van der Waals surface area contributed by atoms with E-state index in [1.165, 1.54) is 5.56 Å². The minimum atomic E-state index is -0.457. The first-order valence-electron chi connectivity index (χ1n) is 6.19. The van der Waals surface area contributed by atoms with Crippen molar-refractivity contribution >= 4 is 35.8 Å². The zero-order valence-electron chi connectivity index (χ0n) is 11.7. The molecule has 0 aliphatic rings. The van der Waals surface area contributed by atoms with Crippen molar-refractivity contribution in [3.63, 3.8) is 0 Å². The molecular weight excluding hydrogens is 280 g/mol. The largest absolute Gasteiger partial charge is 0.325 e. The van der Waals surface area contributed by atoms with Crippen LogP contribution in [0.5, 0.6) is 0 Å². The summed E-state index contributed by atoms with van der Waals surface area (Å²) in [4.78, 5) is 11.8. The second-order valence-electron chi connectivity index (χ2n) is 4.70. The van der Waals surface area contributed by atoms with Crippen molar-refractivity contribution in [2.75, 3.05) is 17.3 Å². The van der Waals surface area contributed by atoms with Crippen LogP contribution in [0.15, 0.2) is 24.3 Å². The number of rotatable bonds is 6. The first-order chi connectivity index (χ1) is 8.54. The van der Waals surface area contributed by atoms with Gasteiger partial charge in [-0.2, -0.15) is 11.8 Å². The lowest BCUT2D eigenvalue weighted by atomic mass is 10.0. The van der Waals surface area contributed by atoms with Crippen molar-refractivity contribution in [3.8, 4) is 0 Å². The fraction of sp³-hybridized carbons (Fsp3) is 0.500. The molecular formula is C14H23ClN2OS. The first-order valence-corrected chi connectivity index (χ1v) is 7.58. The van der Waals surface area contributed by atoms with E-state index in [4.69, 9.17) is 5.73 Å². The third kappa shape index (κ3) is 6.32. The molecule has 1 rings (SSSR count). The maximum absolute atomic E-state index is 11.8. The molecule has 3 N–H and O–H groups in total. The van der Waals surface area contributed by atoms with Crippen LogP contribution in [-0.2, 0) is 11.2 Å². The number of hydrogen-bond donors (Lipinski definition) is 2. The van der Waals surface area contributed by atoms with Crippen LogP contribution in [0.25, 0.3) is 0 Å². The van der Waals surface area contributed by atoms with E-state index in [0.29, 0.717) is 0 Å². The monoisotopic (exact) mass is 302 g/mol. The Kier molecular flexibility index (Phi) is 8.89. The Bertz CT molecular complexity index is 382. The number of halogens is 1. The highest BCUT2D eigenvalue weighted by Gasteiger charge is 2.16. The molecule has 0 saturated heterocycles. The number of benzene rings is 1. The molecule has 5 heteroatoms. The highest BCUT2D eigenvalue weighted by molar-refractivity contribution is 7.98. The highest BCUT2D eigenvalue weighted by atomic mass is 35.5. The van der Waals surface area contributed by atoms with Crippen LogP contribution < -0.4 is 11.1 Å². The summed E-state index contributed by atoms with van der Waals surface area (Å²) in [5.74, 6) is 1.14. The summed E-state index contributed by atoms with van der Waals surface area (Å²) in [6.07, 6.45) is 3.16. The van der Waals surface area contributed by atoms with Crippen LogP contribution in [-0.4, -0.2) is 24.0 Å². The molecule has 0 aliphatic heterocycles. The molecule has 1 aromatic carbocycles. The van der Waals surface area contributed by atoms with E-state index in [-0.39, 0.29) is 24.2 Å². The third-order valence-corrected chi connectivity index (χ3v) is 3.45. The SMILES string of the molecule is CSCCc1ccc(NC(=O)[C@@H](N)C(C)C)cc1.Cl. The number of aryl methyl sites for hydroxylation is 1. The van der Waals surface area contributed by atoms with Crippen molar-refractivity contribution < 1.29 is 4.79 Å². The average molecular weight is 303 g/mol. The van der Waals surface area contributed by atoms with Crippen LogP contribution in [0.4, 0.5) is 5.69 Å². The lowest BCUT2D eigenvalue weighted by Crippen LogP contribution is -2.39. The molecule has 0 fully saturated rings. The molecule has 108 valence electrons. The summed E-state index contributed by atoms with van der Waals surface area (Å²) in [7, 11) is 0. The Morgan fingerprint density at radius 3 is 2.37 bits per heavy atom. The predicted molar refractivity (Wildman–Crippen MR) is 87.2 cm³/mol. The number of anilines is 1. The van der Waals surface area contributed by atoms with Crippen molar-refractivity contribution in [2.24, 2.45) is 11.7 Å². The van der Waals surface area contributed by atoms with Crippen molar-refractivity contribution in [1.29, 1.82) is 0 Å². The minimum absolute atomic E-state index is 0. The Morgan fingerprint density at radius 2 is 1.89 bits per heavy atom. The van der Waals surface area contributed by atoms with Gasteiger partial charge in [0.2, 0.25) is 5.91 Å². The predicted octanol–water partition coefficient (Wildman–Crippen LogP) is 2.94. The van der Waals surface area contributed by atoms with Gasteiger partial charge >= 0.3 is 0 Å². The molecule has 19 heavy (non-hydrogen) atoms. The zero-order chi connectivity index (χ0) is 13.5. The lowest BCUT2D eigenvalue weighted by Gasteiger charge is -2.15. The average Bonchev–Trinajstić information content (AvgIpc) is 2.36. The number of carbonyl (C=O) groups is 1. The van der Waals surface area contributed by atoms with Gasteiger partial charge in [0.05, 0.1) is 6.04 Å². The normalized spacial score (nSPS) is 11.8. The number of nitrogens with one attached hydrogen (secondary N) is 1. The van der Waals surface area contributed by atoms with Crippen LogP contribution in [0, 0.1) is 5.92 Å². The lowest BCUT2D eigenvalue weighted by molar-refractivity contribution is -0.118. The van der Waals surface area contributed by atoms with Crippen molar-refractivity contribution in [2.45, 2.75) is 26.3 Å². The number of thioether (sulfide) groups is 1. The molecule has 3 nitrogen and oxygen atoms in total. The Labute approximate surface area is 126 Å². The minimum Gasteiger partial charge on any atom is -0.325 e. The van der Waals surface area contributed by atoms with Crippen LogP contribution >= 0.6 is 24.2 Å². The number of nitrogens with two attached hydrogens (primary N) is 1. The van der Waals surface area contributed by atoms with Gasteiger partial charge in [-0.25, -0.2) is 0 Å². The van der Waals surface area contributed by atoms with Gasteiger partial charge in [-0.3, -0.25) is 4.79 Å². The molecule has 0 unspecified atom stereocenters. The molecule has 0 bridgehead atoms. The van der Waals surface area contributed by atoms with E-state index in [0.717, 1.165) is 17.9 Å². The molecule has 0 radical (unpaired) electrons. The Morgan fingerprint density at radius 1 is 1.32 bits per heavy atom. The van der Waals surface area contributed by atoms with Gasteiger partial charge in [-0.15, -0.1) is 12.4 Å². The number of carbonyl (C=O) groups excluding carboxylic acids is 1. The van der Waals surface area contributed by atoms with E-state index >= 15 is 0 Å². The van der Waals surface area contributed by atoms with Crippen LogP contribution in [0.1, 0.15) is 19.4 Å². The topological polar surface area (TPSA) is 55.1 Å². The highest BCUT2D eigenvalue weighted by Crippen LogP contribution is 2.12. The van der Waals surface area contributed by atoms with E-state index in [9.17, 15) is 4.79 Å². The van der Waals surface area contributed by atoms with E-state index in [1.807, 2.05) is 49.9 Å². The Hall–Kier alpha value is -0.710. The molecule has 1 amide bonds.